The molecule has 2 unspecified atom stereocenters. The molecule has 1 N–H and O–H groups in total. The molecule has 0 aromatic heterocycles. The topological polar surface area (TPSA) is 12.0 Å². The lowest BCUT2D eigenvalue weighted by Crippen LogP contribution is -2.39. The predicted octanol–water partition coefficient (Wildman–Crippen LogP) is 5.01. The number of rotatable bonds is 4. The molecule has 2 rings (SSSR count). The zero-order valence-electron chi connectivity index (χ0n) is 13.5. The molecule has 112 valence electrons. The molecule has 2 fully saturated rings. The number of hydrogen-bond donors (Lipinski definition) is 1. The predicted molar refractivity (Wildman–Crippen MR) is 84.3 cm³/mol. The summed E-state index contributed by atoms with van der Waals surface area (Å²) >= 11 is 0. The highest BCUT2D eigenvalue weighted by Gasteiger charge is 2.38. The van der Waals surface area contributed by atoms with Crippen molar-refractivity contribution in [3.63, 3.8) is 0 Å². The van der Waals surface area contributed by atoms with Crippen LogP contribution in [0.1, 0.15) is 78.6 Å². The Bertz CT molecular complexity index is 250. The fourth-order valence-corrected chi connectivity index (χ4v) is 4.57. The van der Waals surface area contributed by atoms with Crippen LogP contribution in [-0.2, 0) is 0 Å². The van der Waals surface area contributed by atoms with Gasteiger partial charge in [-0.05, 0) is 55.5 Å². The Morgan fingerprint density at radius 1 is 1.00 bits per heavy atom. The SMILES string of the molecule is CCNCC1CCC(C)(C)CC1C1CCCCCC1. The third kappa shape index (κ3) is 4.48. The smallest absolute Gasteiger partial charge is 0.00179 e. The highest BCUT2D eigenvalue weighted by molar-refractivity contribution is 4.89. The summed E-state index contributed by atoms with van der Waals surface area (Å²) in [6.07, 6.45) is 13.4. The van der Waals surface area contributed by atoms with Gasteiger partial charge in [-0.15, -0.1) is 0 Å². The van der Waals surface area contributed by atoms with Gasteiger partial charge >= 0.3 is 0 Å². The molecular formula is C18H35N. The van der Waals surface area contributed by atoms with Gasteiger partial charge in [0.1, 0.15) is 0 Å². The molecule has 1 heteroatoms. The van der Waals surface area contributed by atoms with Crippen LogP contribution >= 0.6 is 0 Å². The van der Waals surface area contributed by atoms with Crippen molar-refractivity contribution in [2.24, 2.45) is 23.2 Å². The largest absolute Gasteiger partial charge is 0.317 e. The Morgan fingerprint density at radius 2 is 1.68 bits per heavy atom. The molecule has 0 bridgehead atoms. The van der Waals surface area contributed by atoms with Crippen molar-refractivity contribution >= 4 is 0 Å². The molecule has 1 nitrogen and oxygen atoms in total. The van der Waals surface area contributed by atoms with Crippen LogP contribution < -0.4 is 5.32 Å². The van der Waals surface area contributed by atoms with Gasteiger partial charge < -0.3 is 5.32 Å². The van der Waals surface area contributed by atoms with Crippen molar-refractivity contribution in [1.29, 1.82) is 0 Å². The standard InChI is InChI=1S/C18H35N/c1-4-19-14-16-11-12-18(2,3)13-17(16)15-9-7-5-6-8-10-15/h15-17,19H,4-14H2,1-3H3. The molecule has 0 spiro atoms. The molecule has 0 aromatic rings. The van der Waals surface area contributed by atoms with E-state index in [1.165, 1.54) is 64.3 Å². The first-order valence-corrected chi connectivity index (χ1v) is 8.83. The minimum Gasteiger partial charge on any atom is -0.317 e. The van der Waals surface area contributed by atoms with E-state index >= 15 is 0 Å². The summed E-state index contributed by atoms with van der Waals surface area (Å²) in [5.74, 6) is 2.99. The van der Waals surface area contributed by atoms with E-state index in [4.69, 9.17) is 0 Å². The van der Waals surface area contributed by atoms with Gasteiger partial charge in [0.15, 0.2) is 0 Å². The first kappa shape index (κ1) is 15.4. The molecule has 0 heterocycles. The maximum Gasteiger partial charge on any atom is -0.00179 e. The van der Waals surface area contributed by atoms with Gasteiger partial charge in [-0.25, -0.2) is 0 Å². The fourth-order valence-electron chi connectivity index (χ4n) is 4.57. The Kier molecular flexibility index (Phi) is 5.74. The Hall–Kier alpha value is -0.0400. The van der Waals surface area contributed by atoms with Gasteiger partial charge in [0.2, 0.25) is 0 Å². The minimum atomic E-state index is 0.597. The Morgan fingerprint density at radius 3 is 2.32 bits per heavy atom. The lowest BCUT2D eigenvalue weighted by Gasteiger charge is -2.44. The van der Waals surface area contributed by atoms with E-state index in [0.29, 0.717) is 5.41 Å². The van der Waals surface area contributed by atoms with E-state index in [2.05, 4.69) is 26.1 Å². The fraction of sp³-hybridized carbons (Fsp3) is 1.00. The van der Waals surface area contributed by atoms with E-state index in [-0.39, 0.29) is 0 Å². The Labute approximate surface area is 120 Å². The third-order valence-corrected chi connectivity index (χ3v) is 5.75. The van der Waals surface area contributed by atoms with Gasteiger partial charge in [-0.3, -0.25) is 0 Å². The first-order valence-electron chi connectivity index (χ1n) is 8.83. The maximum atomic E-state index is 3.63. The van der Waals surface area contributed by atoms with Crippen molar-refractivity contribution < 1.29 is 0 Å². The second-order valence-corrected chi connectivity index (χ2v) is 7.89. The average molecular weight is 265 g/mol. The highest BCUT2D eigenvalue weighted by Crippen LogP contribution is 2.47. The summed E-state index contributed by atoms with van der Waals surface area (Å²) in [4.78, 5) is 0. The molecule has 2 aliphatic carbocycles. The second kappa shape index (κ2) is 7.11. The van der Waals surface area contributed by atoms with Crippen LogP contribution in [0.3, 0.4) is 0 Å². The maximum absolute atomic E-state index is 3.63. The van der Waals surface area contributed by atoms with Gasteiger partial charge in [-0.2, -0.15) is 0 Å². The van der Waals surface area contributed by atoms with Gasteiger partial charge in [0.25, 0.3) is 0 Å². The van der Waals surface area contributed by atoms with E-state index < -0.39 is 0 Å². The lowest BCUT2D eigenvalue weighted by atomic mass is 9.62. The average Bonchev–Trinajstić information content (AvgIpc) is 2.65. The summed E-state index contributed by atoms with van der Waals surface area (Å²) in [5.41, 5.74) is 0.597. The van der Waals surface area contributed by atoms with Crippen molar-refractivity contribution in [3.05, 3.63) is 0 Å². The molecule has 2 atom stereocenters. The van der Waals surface area contributed by atoms with E-state index in [0.717, 1.165) is 24.3 Å². The monoisotopic (exact) mass is 265 g/mol. The molecule has 19 heavy (non-hydrogen) atoms. The zero-order chi connectivity index (χ0) is 13.7. The second-order valence-electron chi connectivity index (χ2n) is 7.89. The van der Waals surface area contributed by atoms with Crippen molar-refractivity contribution in [3.8, 4) is 0 Å². The van der Waals surface area contributed by atoms with Crippen molar-refractivity contribution in [2.45, 2.75) is 78.6 Å². The molecule has 2 aliphatic rings. The van der Waals surface area contributed by atoms with Crippen LogP contribution in [0.15, 0.2) is 0 Å². The van der Waals surface area contributed by atoms with Crippen LogP contribution in [-0.4, -0.2) is 13.1 Å². The van der Waals surface area contributed by atoms with E-state index in [1.807, 2.05) is 0 Å². The van der Waals surface area contributed by atoms with Crippen LogP contribution in [0.4, 0.5) is 0 Å². The van der Waals surface area contributed by atoms with Gasteiger partial charge in [-0.1, -0.05) is 59.3 Å². The number of hydrogen-bond acceptors (Lipinski definition) is 1. The Balaban J connectivity index is 2.00. The quantitative estimate of drug-likeness (QED) is 0.705. The van der Waals surface area contributed by atoms with E-state index in [9.17, 15) is 0 Å². The molecule has 2 saturated carbocycles. The molecule has 0 aromatic carbocycles. The zero-order valence-corrected chi connectivity index (χ0v) is 13.5. The number of nitrogens with one attached hydrogen (secondary N) is 1. The third-order valence-electron chi connectivity index (χ3n) is 5.75. The minimum absolute atomic E-state index is 0.597. The van der Waals surface area contributed by atoms with Crippen LogP contribution in [0.5, 0.6) is 0 Å². The van der Waals surface area contributed by atoms with Crippen molar-refractivity contribution in [1.82, 2.24) is 5.32 Å². The lowest BCUT2D eigenvalue weighted by molar-refractivity contribution is 0.0668. The summed E-state index contributed by atoms with van der Waals surface area (Å²) in [7, 11) is 0. The summed E-state index contributed by atoms with van der Waals surface area (Å²) in [6.45, 7) is 9.65. The normalized spacial score (nSPS) is 33.0. The highest BCUT2D eigenvalue weighted by atomic mass is 14.8. The van der Waals surface area contributed by atoms with Crippen LogP contribution in [0, 0.1) is 23.2 Å². The molecule has 0 radical (unpaired) electrons. The summed E-state index contributed by atoms with van der Waals surface area (Å²) < 4.78 is 0. The van der Waals surface area contributed by atoms with Gasteiger partial charge in [0.05, 0.1) is 0 Å². The summed E-state index contributed by atoms with van der Waals surface area (Å²) in [5, 5.41) is 3.63. The van der Waals surface area contributed by atoms with Crippen LogP contribution in [0.25, 0.3) is 0 Å². The van der Waals surface area contributed by atoms with Crippen molar-refractivity contribution in [2.75, 3.05) is 13.1 Å². The summed E-state index contributed by atoms with van der Waals surface area (Å²) in [6, 6.07) is 0. The molecule has 0 saturated heterocycles. The van der Waals surface area contributed by atoms with E-state index in [1.54, 1.807) is 0 Å². The van der Waals surface area contributed by atoms with Gasteiger partial charge in [0, 0.05) is 0 Å². The molecular weight excluding hydrogens is 230 g/mol. The van der Waals surface area contributed by atoms with Crippen LogP contribution in [0.2, 0.25) is 0 Å². The molecule has 0 amide bonds. The molecule has 0 aliphatic heterocycles. The first-order chi connectivity index (χ1) is 9.12.